The largest absolute Gasteiger partial charge is 0.394 e. The van der Waals surface area contributed by atoms with Crippen molar-refractivity contribution in [3.05, 3.63) is 108 Å². The second kappa shape index (κ2) is 11.9. The van der Waals surface area contributed by atoms with Crippen molar-refractivity contribution < 1.29 is 24.6 Å². The molecule has 3 rings (SSSR count). The van der Waals surface area contributed by atoms with Crippen LogP contribution in [0.25, 0.3) is 0 Å². The van der Waals surface area contributed by atoms with Gasteiger partial charge < -0.3 is 10.2 Å². The average molecular weight is 406 g/mol. The van der Waals surface area contributed by atoms with E-state index in [2.05, 4.69) is 5.43 Å². The van der Waals surface area contributed by atoms with Crippen LogP contribution in [-0.2, 0) is 0 Å². The summed E-state index contributed by atoms with van der Waals surface area (Å²) >= 11 is 0. The highest BCUT2D eigenvalue weighted by molar-refractivity contribution is 6.12. The third-order valence-electron chi connectivity index (χ3n) is 3.80. The van der Waals surface area contributed by atoms with Crippen molar-refractivity contribution in [1.29, 1.82) is 0 Å². The van der Waals surface area contributed by atoms with E-state index in [9.17, 15) is 14.4 Å². The number of nitrogens with zero attached hydrogens (tertiary/aromatic N) is 1. The van der Waals surface area contributed by atoms with E-state index in [1.54, 1.807) is 91.0 Å². The Labute approximate surface area is 174 Å². The summed E-state index contributed by atoms with van der Waals surface area (Å²) in [6, 6.07) is 25.0. The lowest BCUT2D eigenvalue weighted by molar-refractivity contribution is 0.0484. The van der Waals surface area contributed by atoms with Crippen LogP contribution >= 0.6 is 0 Å². The molecule has 0 spiro atoms. The van der Waals surface area contributed by atoms with E-state index in [0.717, 1.165) is 5.01 Å². The second-order valence-corrected chi connectivity index (χ2v) is 5.93. The van der Waals surface area contributed by atoms with E-state index in [1.807, 2.05) is 0 Å². The molecule has 30 heavy (non-hydrogen) atoms. The molecular weight excluding hydrogens is 384 g/mol. The van der Waals surface area contributed by atoms with Crippen LogP contribution in [0.2, 0.25) is 0 Å². The summed E-state index contributed by atoms with van der Waals surface area (Å²) in [6.45, 7) is -0.250. The second-order valence-electron chi connectivity index (χ2n) is 5.93. The summed E-state index contributed by atoms with van der Waals surface area (Å²) in [5, 5.41) is 16.0. The van der Waals surface area contributed by atoms with Gasteiger partial charge >= 0.3 is 0 Å². The molecule has 0 saturated heterocycles. The summed E-state index contributed by atoms with van der Waals surface area (Å²) in [5.74, 6) is -1.76. The van der Waals surface area contributed by atoms with E-state index < -0.39 is 17.7 Å². The Morgan fingerprint density at radius 3 is 1.27 bits per heavy atom. The summed E-state index contributed by atoms with van der Waals surface area (Å²) in [5.41, 5.74) is 3.36. The number of carbonyl (C=O) groups excluding carboxylic acids is 3. The van der Waals surface area contributed by atoms with Gasteiger partial charge in [-0.05, 0) is 36.4 Å². The van der Waals surface area contributed by atoms with Crippen molar-refractivity contribution in [2.75, 3.05) is 13.2 Å². The van der Waals surface area contributed by atoms with Crippen molar-refractivity contribution in [2.45, 2.75) is 0 Å². The molecule has 0 heterocycles. The number of imide groups is 1. The monoisotopic (exact) mass is 406 g/mol. The molecule has 0 fully saturated rings. The van der Waals surface area contributed by atoms with Gasteiger partial charge in [-0.15, -0.1) is 0 Å². The van der Waals surface area contributed by atoms with Crippen molar-refractivity contribution in [3.8, 4) is 0 Å². The van der Waals surface area contributed by atoms with Gasteiger partial charge in [0, 0.05) is 16.7 Å². The van der Waals surface area contributed by atoms with E-state index in [-0.39, 0.29) is 13.2 Å². The van der Waals surface area contributed by atoms with Crippen molar-refractivity contribution in [2.24, 2.45) is 0 Å². The molecule has 0 aliphatic heterocycles. The van der Waals surface area contributed by atoms with Gasteiger partial charge in [0.05, 0.1) is 13.2 Å². The molecule has 154 valence electrons. The van der Waals surface area contributed by atoms with Crippen molar-refractivity contribution in [3.63, 3.8) is 0 Å². The molecule has 0 unspecified atom stereocenters. The van der Waals surface area contributed by atoms with E-state index in [0.29, 0.717) is 16.7 Å². The fraction of sp³-hybridized carbons (Fsp3) is 0.0870. The molecule has 3 amide bonds. The number of aliphatic hydroxyl groups is 2. The van der Waals surface area contributed by atoms with Crippen LogP contribution in [0.4, 0.5) is 0 Å². The SMILES string of the molecule is O=C(NN(C(=O)c1ccccc1)C(=O)c1ccccc1)c1ccccc1.OCCO. The minimum atomic E-state index is -0.608. The summed E-state index contributed by atoms with van der Waals surface area (Å²) in [7, 11) is 0. The summed E-state index contributed by atoms with van der Waals surface area (Å²) < 4.78 is 0. The first-order valence-corrected chi connectivity index (χ1v) is 9.15. The van der Waals surface area contributed by atoms with Crippen LogP contribution < -0.4 is 5.43 Å². The molecule has 3 aromatic carbocycles. The number of hydrogen-bond donors (Lipinski definition) is 3. The maximum absolute atomic E-state index is 12.8. The molecule has 0 aliphatic rings. The molecular formula is C23H22N2O5. The van der Waals surface area contributed by atoms with Gasteiger partial charge in [0.15, 0.2) is 0 Å². The zero-order valence-electron chi connectivity index (χ0n) is 16.1. The van der Waals surface area contributed by atoms with Gasteiger partial charge in [-0.2, -0.15) is 5.01 Å². The normalized spacial score (nSPS) is 9.67. The molecule has 3 N–H and O–H groups in total. The lowest BCUT2D eigenvalue weighted by Crippen LogP contribution is -2.49. The number of aliphatic hydroxyl groups excluding tert-OH is 2. The van der Waals surface area contributed by atoms with E-state index in [1.165, 1.54) is 0 Å². The highest BCUT2D eigenvalue weighted by atomic mass is 16.3. The van der Waals surface area contributed by atoms with E-state index >= 15 is 0 Å². The molecule has 3 aromatic rings. The number of amides is 3. The highest BCUT2D eigenvalue weighted by Gasteiger charge is 2.26. The maximum atomic E-state index is 12.8. The average Bonchev–Trinajstić information content (AvgIpc) is 2.83. The van der Waals surface area contributed by atoms with Crippen molar-refractivity contribution >= 4 is 17.7 Å². The number of hydrogen-bond acceptors (Lipinski definition) is 5. The van der Waals surface area contributed by atoms with Crippen LogP contribution in [0.3, 0.4) is 0 Å². The zero-order valence-corrected chi connectivity index (χ0v) is 16.1. The topological polar surface area (TPSA) is 107 Å². The van der Waals surface area contributed by atoms with Gasteiger partial charge in [0.1, 0.15) is 0 Å². The zero-order chi connectivity index (χ0) is 21.8. The number of rotatable bonds is 4. The molecule has 7 heteroatoms. The first-order valence-electron chi connectivity index (χ1n) is 9.15. The molecule has 0 bridgehead atoms. The van der Waals surface area contributed by atoms with Crippen LogP contribution in [-0.4, -0.2) is 46.2 Å². The lowest BCUT2D eigenvalue weighted by Gasteiger charge is -2.21. The van der Waals surface area contributed by atoms with Crippen LogP contribution in [0, 0.1) is 0 Å². The Balaban J connectivity index is 0.000000735. The number of nitrogens with one attached hydrogen (secondary N) is 1. The smallest absolute Gasteiger partial charge is 0.279 e. The van der Waals surface area contributed by atoms with Crippen molar-refractivity contribution in [1.82, 2.24) is 10.4 Å². The van der Waals surface area contributed by atoms with Gasteiger partial charge in [-0.3, -0.25) is 19.8 Å². The Bertz CT molecular complexity index is 894. The quantitative estimate of drug-likeness (QED) is 0.455. The number of carbonyl (C=O) groups is 3. The number of hydrazine groups is 1. The van der Waals surface area contributed by atoms with Gasteiger partial charge in [0.2, 0.25) is 0 Å². The minimum absolute atomic E-state index is 0.125. The molecule has 0 saturated carbocycles. The number of benzene rings is 3. The van der Waals surface area contributed by atoms with Gasteiger partial charge in [-0.25, -0.2) is 0 Å². The predicted octanol–water partition coefficient (Wildman–Crippen LogP) is 2.29. The third-order valence-corrected chi connectivity index (χ3v) is 3.80. The van der Waals surface area contributed by atoms with Gasteiger partial charge in [0.25, 0.3) is 17.7 Å². The Kier molecular flexibility index (Phi) is 8.92. The highest BCUT2D eigenvalue weighted by Crippen LogP contribution is 2.10. The Morgan fingerprint density at radius 2 is 0.933 bits per heavy atom. The Morgan fingerprint density at radius 1 is 0.600 bits per heavy atom. The standard InChI is InChI=1S/C21H16N2O3.C2H6O2/c24-19(16-10-4-1-5-11-16)22-23(20(25)17-12-6-2-7-13-17)21(26)18-14-8-3-9-15-18;3-1-2-4/h1-15H,(H,22,24);3-4H,1-2H2. The van der Waals surface area contributed by atoms with Gasteiger partial charge in [-0.1, -0.05) is 54.6 Å². The molecule has 0 radical (unpaired) electrons. The molecule has 0 aliphatic carbocycles. The van der Waals surface area contributed by atoms with Crippen LogP contribution in [0.15, 0.2) is 91.0 Å². The van der Waals surface area contributed by atoms with E-state index in [4.69, 9.17) is 10.2 Å². The summed E-state index contributed by atoms with van der Waals surface area (Å²) in [6.07, 6.45) is 0. The molecule has 0 aromatic heterocycles. The minimum Gasteiger partial charge on any atom is -0.394 e. The first kappa shape index (κ1) is 22.5. The predicted molar refractivity (Wildman–Crippen MR) is 111 cm³/mol. The maximum Gasteiger partial charge on any atom is 0.279 e. The first-order chi connectivity index (χ1) is 14.6. The summed E-state index contributed by atoms with van der Waals surface area (Å²) in [4.78, 5) is 38.1. The fourth-order valence-corrected chi connectivity index (χ4v) is 2.37. The molecule has 7 nitrogen and oxygen atoms in total. The lowest BCUT2D eigenvalue weighted by atomic mass is 10.1. The third kappa shape index (κ3) is 6.37. The molecule has 0 atom stereocenters. The Hall–Kier alpha value is -3.81. The fourth-order valence-electron chi connectivity index (χ4n) is 2.37. The van der Waals surface area contributed by atoms with Crippen LogP contribution in [0.5, 0.6) is 0 Å². The van der Waals surface area contributed by atoms with Crippen LogP contribution in [0.1, 0.15) is 31.1 Å².